The molecule has 1 atom stereocenters. The van der Waals surface area contributed by atoms with Gasteiger partial charge in [0.1, 0.15) is 5.69 Å². The summed E-state index contributed by atoms with van der Waals surface area (Å²) in [6, 6.07) is 11.4. The first-order valence-electron chi connectivity index (χ1n) is 8.16. The molecule has 0 bridgehead atoms. The fourth-order valence-electron chi connectivity index (χ4n) is 2.65. The van der Waals surface area contributed by atoms with Crippen molar-refractivity contribution in [1.29, 1.82) is 0 Å². The molecule has 1 N–H and O–H groups in total. The molecule has 122 valence electrons. The molecule has 23 heavy (non-hydrogen) atoms. The van der Waals surface area contributed by atoms with Gasteiger partial charge in [-0.25, -0.2) is 4.98 Å². The van der Waals surface area contributed by atoms with E-state index in [1.807, 2.05) is 30.3 Å². The van der Waals surface area contributed by atoms with Crippen molar-refractivity contribution in [3.63, 3.8) is 0 Å². The van der Waals surface area contributed by atoms with Crippen LogP contribution in [-0.4, -0.2) is 43.4 Å². The van der Waals surface area contributed by atoms with Gasteiger partial charge in [-0.1, -0.05) is 24.3 Å². The molecule has 1 aliphatic rings. The Kier molecular flexibility index (Phi) is 5.56. The van der Waals surface area contributed by atoms with Crippen LogP contribution in [0.2, 0.25) is 0 Å². The van der Waals surface area contributed by atoms with E-state index < -0.39 is 0 Å². The molecular formula is C18H22N2O3. The van der Waals surface area contributed by atoms with Gasteiger partial charge in [0.05, 0.1) is 18.2 Å². The minimum absolute atomic E-state index is 0.144. The number of nitrogens with one attached hydrogen (secondary N) is 1. The standard InChI is InChI=1S/C18H22N2O3/c21-18(17-9-8-14-5-1-2-7-16(14)20-17)19-10-4-11-22-13-15-6-3-12-23-15/h1-2,5,7-9,15H,3-4,6,10-13H2,(H,19,21). The van der Waals surface area contributed by atoms with E-state index in [1.54, 1.807) is 6.07 Å². The Morgan fingerprint density at radius 3 is 3.09 bits per heavy atom. The number of pyridine rings is 1. The van der Waals surface area contributed by atoms with Gasteiger partial charge in [-0.2, -0.15) is 0 Å². The summed E-state index contributed by atoms with van der Waals surface area (Å²) in [5.74, 6) is -0.144. The maximum absolute atomic E-state index is 12.1. The maximum atomic E-state index is 12.1. The molecule has 0 aliphatic carbocycles. The summed E-state index contributed by atoms with van der Waals surface area (Å²) in [7, 11) is 0. The van der Waals surface area contributed by atoms with E-state index in [9.17, 15) is 4.79 Å². The Hall–Kier alpha value is -1.98. The van der Waals surface area contributed by atoms with Crippen molar-refractivity contribution in [1.82, 2.24) is 10.3 Å². The molecule has 1 amide bonds. The first-order chi connectivity index (χ1) is 11.3. The molecule has 1 fully saturated rings. The smallest absolute Gasteiger partial charge is 0.269 e. The molecule has 5 heteroatoms. The van der Waals surface area contributed by atoms with Crippen LogP contribution in [0.5, 0.6) is 0 Å². The van der Waals surface area contributed by atoms with E-state index in [1.165, 1.54) is 0 Å². The van der Waals surface area contributed by atoms with Crippen LogP contribution in [0, 0.1) is 0 Å². The highest BCUT2D eigenvalue weighted by atomic mass is 16.5. The molecule has 0 radical (unpaired) electrons. The van der Waals surface area contributed by atoms with E-state index in [0.717, 1.165) is 36.8 Å². The van der Waals surface area contributed by atoms with Gasteiger partial charge in [-0.3, -0.25) is 4.79 Å². The van der Waals surface area contributed by atoms with Gasteiger partial charge in [-0.15, -0.1) is 0 Å². The third-order valence-corrected chi connectivity index (χ3v) is 3.91. The summed E-state index contributed by atoms with van der Waals surface area (Å²) in [6.45, 7) is 2.72. The summed E-state index contributed by atoms with van der Waals surface area (Å²) >= 11 is 0. The second-order valence-electron chi connectivity index (χ2n) is 5.71. The zero-order valence-electron chi connectivity index (χ0n) is 13.2. The van der Waals surface area contributed by atoms with Crippen molar-refractivity contribution >= 4 is 16.8 Å². The third-order valence-electron chi connectivity index (χ3n) is 3.91. The predicted octanol–water partition coefficient (Wildman–Crippen LogP) is 2.55. The molecule has 0 spiro atoms. The summed E-state index contributed by atoms with van der Waals surface area (Å²) in [4.78, 5) is 16.5. The van der Waals surface area contributed by atoms with Crippen LogP contribution in [0.3, 0.4) is 0 Å². The van der Waals surface area contributed by atoms with Gasteiger partial charge in [-0.05, 0) is 31.4 Å². The number of rotatable bonds is 7. The lowest BCUT2D eigenvalue weighted by Crippen LogP contribution is -2.26. The first-order valence-corrected chi connectivity index (χ1v) is 8.16. The lowest BCUT2D eigenvalue weighted by Gasteiger charge is -2.10. The van der Waals surface area contributed by atoms with Crippen LogP contribution >= 0.6 is 0 Å². The highest BCUT2D eigenvalue weighted by Gasteiger charge is 2.15. The molecule has 1 aromatic carbocycles. The second-order valence-corrected chi connectivity index (χ2v) is 5.71. The molecule has 1 aliphatic heterocycles. The van der Waals surface area contributed by atoms with Crippen LogP contribution in [-0.2, 0) is 9.47 Å². The van der Waals surface area contributed by atoms with Gasteiger partial charge >= 0.3 is 0 Å². The van der Waals surface area contributed by atoms with Crippen LogP contribution in [0.15, 0.2) is 36.4 Å². The number of aromatic nitrogens is 1. The summed E-state index contributed by atoms with van der Waals surface area (Å²) in [6.07, 6.45) is 3.26. The van der Waals surface area contributed by atoms with Crippen LogP contribution in [0.4, 0.5) is 0 Å². The predicted molar refractivity (Wildman–Crippen MR) is 88.5 cm³/mol. The van der Waals surface area contributed by atoms with Crippen molar-refractivity contribution in [2.45, 2.75) is 25.4 Å². The highest BCUT2D eigenvalue weighted by Crippen LogP contribution is 2.12. The lowest BCUT2D eigenvalue weighted by molar-refractivity contribution is 0.0166. The molecule has 2 aromatic rings. The molecular weight excluding hydrogens is 292 g/mol. The van der Waals surface area contributed by atoms with E-state index in [4.69, 9.17) is 9.47 Å². The quantitative estimate of drug-likeness (QED) is 0.798. The van der Waals surface area contributed by atoms with Gasteiger partial charge < -0.3 is 14.8 Å². The highest BCUT2D eigenvalue weighted by molar-refractivity contribution is 5.94. The average molecular weight is 314 g/mol. The van der Waals surface area contributed by atoms with Crippen LogP contribution in [0.25, 0.3) is 10.9 Å². The van der Waals surface area contributed by atoms with Crippen molar-refractivity contribution in [2.24, 2.45) is 0 Å². The van der Waals surface area contributed by atoms with Gasteiger partial charge in [0.25, 0.3) is 5.91 Å². The first kappa shape index (κ1) is 15.9. The number of para-hydroxylation sites is 1. The molecule has 5 nitrogen and oxygen atoms in total. The number of ether oxygens (including phenoxy) is 2. The lowest BCUT2D eigenvalue weighted by atomic mass is 10.2. The fourth-order valence-corrected chi connectivity index (χ4v) is 2.65. The van der Waals surface area contributed by atoms with Crippen molar-refractivity contribution in [3.8, 4) is 0 Å². The molecule has 1 unspecified atom stereocenters. The van der Waals surface area contributed by atoms with Gasteiger partial charge in [0.15, 0.2) is 0 Å². The summed E-state index contributed by atoms with van der Waals surface area (Å²) < 4.78 is 11.1. The Labute approximate surface area is 136 Å². The van der Waals surface area contributed by atoms with E-state index >= 15 is 0 Å². The van der Waals surface area contributed by atoms with Crippen molar-refractivity contribution in [2.75, 3.05) is 26.4 Å². The van der Waals surface area contributed by atoms with Crippen LogP contribution < -0.4 is 5.32 Å². The summed E-state index contributed by atoms with van der Waals surface area (Å²) in [5.41, 5.74) is 1.28. The molecule has 1 saturated heterocycles. The Balaban J connectivity index is 1.38. The Morgan fingerprint density at radius 2 is 2.22 bits per heavy atom. The third kappa shape index (κ3) is 4.50. The zero-order valence-corrected chi connectivity index (χ0v) is 13.2. The maximum Gasteiger partial charge on any atom is 0.269 e. The van der Waals surface area contributed by atoms with Crippen LogP contribution in [0.1, 0.15) is 29.8 Å². The number of carbonyl (C=O) groups excluding carboxylic acids is 1. The topological polar surface area (TPSA) is 60.5 Å². The largest absolute Gasteiger partial charge is 0.379 e. The average Bonchev–Trinajstić information content (AvgIpc) is 3.10. The van der Waals surface area contributed by atoms with E-state index in [2.05, 4.69) is 10.3 Å². The number of benzene rings is 1. The minimum Gasteiger partial charge on any atom is -0.379 e. The van der Waals surface area contributed by atoms with Gasteiger partial charge in [0, 0.05) is 25.1 Å². The number of fused-ring (bicyclic) bond motifs is 1. The van der Waals surface area contributed by atoms with E-state index in [-0.39, 0.29) is 12.0 Å². The molecule has 1 aromatic heterocycles. The van der Waals surface area contributed by atoms with Gasteiger partial charge in [0.2, 0.25) is 0 Å². The zero-order chi connectivity index (χ0) is 15.9. The number of nitrogens with zero attached hydrogens (tertiary/aromatic N) is 1. The second kappa shape index (κ2) is 8.04. The van der Waals surface area contributed by atoms with E-state index in [0.29, 0.717) is 25.5 Å². The normalized spacial score (nSPS) is 17.5. The molecule has 0 saturated carbocycles. The number of carbonyl (C=O) groups is 1. The Morgan fingerprint density at radius 1 is 1.30 bits per heavy atom. The fraction of sp³-hybridized carbons (Fsp3) is 0.444. The molecule has 3 rings (SSSR count). The Bertz CT molecular complexity index is 654. The number of hydrogen-bond acceptors (Lipinski definition) is 4. The number of amides is 1. The SMILES string of the molecule is O=C(NCCCOCC1CCCO1)c1ccc2ccccc2n1. The minimum atomic E-state index is -0.144. The number of hydrogen-bond donors (Lipinski definition) is 1. The molecule has 2 heterocycles. The van der Waals surface area contributed by atoms with Crippen molar-refractivity contribution < 1.29 is 14.3 Å². The monoisotopic (exact) mass is 314 g/mol. The summed E-state index contributed by atoms with van der Waals surface area (Å²) in [5, 5.41) is 3.91. The van der Waals surface area contributed by atoms with Crippen molar-refractivity contribution in [3.05, 3.63) is 42.1 Å².